The van der Waals surface area contributed by atoms with E-state index in [1.54, 1.807) is 0 Å². The third-order valence-corrected chi connectivity index (χ3v) is 15.1. The van der Waals surface area contributed by atoms with Crippen molar-refractivity contribution in [3.05, 3.63) is 181 Å². The van der Waals surface area contributed by atoms with Gasteiger partial charge < -0.3 is 9.64 Å². The number of rotatable bonds is 5. The third kappa shape index (κ3) is 5.56. The van der Waals surface area contributed by atoms with Crippen LogP contribution in [0.1, 0.15) is 25.0 Å². The Balaban J connectivity index is 1.00. The van der Waals surface area contributed by atoms with Gasteiger partial charge in [0.25, 0.3) is 0 Å². The molecule has 6 heteroatoms. The number of aromatic nitrogens is 3. The van der Waals surface area contributed by atoms with Crippen LogP contribution in [0.3, 0.4) is 0 Å². The van der Waals surface area contributed by atoms with Gasteiger partial charge in [0.2, 0.25) is 0 Å². The third-order valence-electron chi connectivity index (χ3n) is 11.6. The molecule has 270 valence electrons. The molecule has 3 heterocycles. The van der Waals surface area contributed by atoms with E-state index < -0.39 is 8.07 Å². The molecule has 8 aromatic rings. The molecular weight excluding hydrogens is 701 g/mol. The SMILES string of the molecule is CC1(C)c2ccccc2N(c2ccc(-c3ccc4c(c3)[Si](C)(C)c3cc(-c5nc(-c6ccccc6)nc(-c6ccccc6)n5)ccc3O4)cc2)c2ccccc21. The highest BCUT2D eigenvalue weighted by Crippen LogP contribution is 2.51. The molecule has 0 amide bonds. The van der Waals surface area contributed by atoms with Crippen LogP contribution >= 0.6 is 0 Å². The molecule has 0 spiro atoms. The fraction of sp³-hybridized carbons (Fsp3) is 0.100. The quantitative estimate of drug-likeness (QED) is 0.164. The summed E-state index contributed by atoms with van der Waals surface area (Å²) in [7, 11) is -2.25. The van der Waals surface area contributed by atoms with Gasteiger partial charge in [-0.25, -0.2) is 15.0 Å². The molecule has 0 atom stereocenters. The Kier molecular flexibility index (Phi) is 7.87. The van der Waals surface area contributed by atoms with E-state index in [4.69, 9.17) is 19.7 Å². The highest BCUT2D eigenvalue weighted by atomic mass is 28.3. The van der Waals surface area contributed by atoms with Gasteiger partial charge in [0, 0.05) is 27.8 Å². The predicted molar refractivity (Wildman–Crippen MR) is 232 cm³/mol. The molecule has 0 radical (unpaired) electrons. The molecule has 56 heavy (non-hydrogen) atoms. The van der Waals surface area contributed by atoms with E-state index in [0.29, 0.717) is 17.5 Å². The van der Waals surface area contributed by atoms with Crippen LogP contribution in [0.25, 0.3) is 45.3 Å². The summed E-state index contributed by atoms with van der Waals surface area (Å²) in [5.74, 6) is 3.79. The Labute approximate surface area is 329 Å². The van der Waals surface area contributed by atoms with Crippen LogP contribution in [-0.2, 0) is 5.41 Å². The molecular formula is C50H40N4OSi. The Morgan fingerprint density at radius 1 is 0.446 bits per heavy atom. The number of benzene rings is 7. The van der Waals surface area contributed by atoms with Crippen LogP contribution in [-0.4, -0.2) is 23.0 Å². The average Bonchev–Trinajstić information content (AvgIpc) is 3.24. The maximum atomic E-state index is 6.64. The Morgan fingerprint density at radius 2 is 0.875 bits per heavy atom. The normalized spacial score (nSPS) is 14.5. The van der Waals surface area contributed by atoms with E-state index in [9.17, 15) is 0 Å². The second-order valence-corrected chi connectivity index (χ2v) is 20.1. The molecule has 1 aromatic heterocycles. The van der Waals surface area contributed by atoms with E-state index in [0.717, 1.165) is 33.9 Å². The monoisotopic (exact) mass is 740 g/mol. The number of ether oxygens (including phenoxy) is 1. The Bertz CT molecular complexity index is 2670. The van der Waals surface area contributed by atoms with E-state index in [-0.39, 0.29) is 5.41 Å². The molecule has 0 unspecified atom stereocenters. The number of para-hydroxylation sites is 2. The van der Waals surface area contributed by atoms with Gasteiger partial charge in [-0.3, -0.25) is 0 Å². The Hall–Kier alpha value is -6.63. The molecule has 0 aliphatic carbocycles. The maximum absolute atomic E-state index is 6.64. The number of fused-ring (bicyclic) bond motifs is 4. The lowest BCUT2D eigenvalue weighted by atomic mass is 9.73. The number of anilines is 3. The molecule has 10 rings (SSSR count). The van der Waals surface area contributed by atoms with Crippen LogP contribution < -0.4 is 20.0 Å². The van der Waals surface area contributed by atoms with Crippen molar-refractivity contribution in [3.8, 4) is 56.8 Å². The summed E-state index contributed by atoms with van der Waals surface area (Å²) in [4.78, 5) is 17.3. The van der Waals surface area contributed by atoms with Crippen molar-refractivity contribution in [2.24, 2.45) is 0 Å². The van der Waals surface area contributed by atoms with Gasteiger partial charge in [0.1, 0.15) is 19.6 Å². The average molecular weight is 741 g/mol. The molecule has 5 nitrogen and oxygen atoms in total. The standard InChI is InChI=1S/C50H40N4OSi/c1-50(2)39-19-11-13-21-41(39)54(42-22-14-12-20-40(42)50)38-27-23-33(24-28-38)36-25-29-43-45(31-36)56(3,4)46-32-37(26-30-44(46)55-43)49-52-47(34-15-7-5-8-16-34)51-48(53-49)35-17-9-6-10-18-35/h5-32H,1-4H3. The molecule has 7 aromatic carbocycles. The van der Waals surface area contributed by atoms with Crippen molar-refractivity contribution < 1.29 is 4.74 Å². The zero-order valence-electron chi connectivity index (χ0n) is 31.9. The second-order valence-electron chi connectivity index (χ2n) is 15.7. The zero-order chi connectivity index (χ0) is 38.0. The van der Waals surface area contributed by atoms with Crippen molar-refractivity contribution >= 4 is 35.5 Å². The lowest BCUT2D eigenvalue weighted by molar-refractivity contribution is 0.487. The summed E-state index contributed by atoms with van der Waals surface area (Å²) >= 11 is 0. The fourth-order valence-electron chi connectivity index (χ4n) is 8.48. The van der Waals surface area contributed by atoms with E-state index in [2.05, 4.69) is 141 Å². The van der Waals surface area contributed by atoms with Crippen molar-refractivity contribution in [1.29, 1.82) is 0 Å². The van der Waals surface area contributed by atoms with Gasteiger partial charge >= 0.3 is 0 Å². The molecule has 0 fully saturated rings. The highest BCUT2D eigenvalue weighted by Gasteiger charge is 2.38. The highest BCUT2D eigenvalue weighted by molar-refractivity contribution is 7.01. The summed E-state index contributed by atoms with van der Waals surface area (Å²) in [5, 5.41) is 2.50. The predicted octanol–water partition coefficient (Wildman–Crippen LogP) is 11.6. The molecule has 0 saturated carbocycles. The van der Waals surface area contributed by atoms with Gasteiger partial charge in [-0.05, 0) is 81.2 Å². The summed E-state index contributed by atoms with van der Waals surface area (Å²) in [6.45, 7) is 9.47. The van der Waals surface area contributed by atoms with Gasteiger partial charge in [0.05, 0.1) is 11.4 Å². The first-order valence-electron chi connectivity index (χ1n) is 19.2. The molecule has 0 bridgehead atoms. The summed E-state index contributed by atoms with van der Waals surface area (Å²) in [6.07, 6.45) is 0. The molecule has 0 saturated heterocycles. The van der Waals surface area contributed by atoms with Crippen LogP contribution in [0.4, 0.5) is 17.1 Å². The number of nitrogens with zero attached hydrogens (tertiary/aromatic N) is 4. The van der Waals surface area contributed by atoms with Crippen molar-refractivity contribution in [2.45, 2.75) is 32.4 Å². The van der Waals surface area contributed by atoms with Crippen molar-refractivity contribution in [3.63, 3.8) is 0 Å². The maximum Gasteiger partial charge on any atom is 0.164 e. The first kappa shape index (κ1) is 33.9. The lowest BCUT2D eigenvalue weighted by Crippen LogP contribution is -2.56. The van der Waals surface area contributed by atoms with Crippen molar-refractivity contribution in [1.82, 2.24) is 15.0 Å². The van der Waals surface area contributed by atoms with Gasteiger partial charge in [0.15, 0.2) is 17.5 Å². The van der Waals surface area contributed by atoms with Gasteiger partial charge in [-0.2, -0.15) is 0 Å². The lowest BCUT2D eigenvalue weighted by Gasteiger charge is -2.42. The van der Waals surface area contributed by atoms with E-state index >= 15 is 0 Å². The van der Waals surface area contributed by atoms with Crippen LogP contribution in [0, 0.1) is 0 Å². The van der Waals surface area contributed by atoms with Crippen LogP contribution in [0.15, 0.2) is 170 Å². The van der Waals surface area contributed by atoms with E-state index in [1.807, 2.05) is 60.7 Å². The summed E-state index contributed by atoms with van der Waals surface area (Å²) < 4.78 is 6.64. The van der Waals surface area contributed by atoms with Crippen LogP contribution in [0.2, 0.25) is 13.1 Å². The largest absolute Gasteiger partial charge is 0.458 e. The minimum Gasteiger partial charge on any atom is -0.458 e. The zero-order valence-corrected chi connectivity index (χ0v) is 32.9. The number of hydrogen-bond donors (Lipinski definition) is 0. The number of hydrogen-bond acceptors (Lipinski definition) is 5. The minimum atomic E-state index is -2.25. The minimum absolute atomic E-state index is 0.0908. The topological polar surface area (TPSA) is 51.1 Å². The summed E-state index contributed by atoms with van der Waals surface area (Å²) in [5.41, 5.74) is 11.4. The summed E-state index contributed by atoms with van der Waals surface area (Å²) in [6, 6.07) is 59.9. The molecule has 0 N–H and O–H groups in total. The first-order chi connectivity index (χ1) is 27.3. The van der Waals surface area contributed by atoms with E-state index in [1.165, 1.54) is 44.0 Å². The Morgan fingerprint density at radius 3 is 1.41 bits per heavy atom. The first-order valence-corrected chi connectivity index (χ1v) is 22.2. The van der Waals surface area contributed by atoms with Crippen molar-refractivity contribution in [2.75, 3.05) is 4.90 Å². The van der Waals surface area contributed by atoms with Crippen LogP contribution in [0.5, 0.6) is 11.5 Å². The molecule has 2 aliphatic heterocycles. The fourth-order valence-corrected chi connectivity index (χ4v) is 11.3. The smallest absolute Gasteiger partial charge is 0.164 e. The van der Waals surface area contributed by atoms with Gasteiger partial charge in [-0.1, -0.05) is 148 Å². The van der Waals surface area contributed by atoms with Gasteiger partial charge in [-0.15, -0.1) is 0 Å². The second kappa shape index (κ2) is 13.0. The molecule has 2 aliphatic rings.